The zero-order valence-corrected chi connectivity index (χ0v) is 10.4. The van der Waals surface area contributed by atoms with Crippen molar-refractivity contribution in [1.82, 2.24) is 14.9 Å². The molecule has 0 aromatic carbocycles. The molecule has 0 radical (unpaired) electrons. The van der Waals surface area contributed by atoms with Gasteiger partial charge in [0.1, 0.15) is 0 Å². The third-order valence-corrected chi connectivity index (χ3v) is 3.47. The predicted molar refractivity (Wildman–Crippen MR) is 64.7 cm³/mol. The van der Waals surface area contributed by atoms with Crippen LogP contribution in [0.3, 0.4) is 0 Å². The Balaban J connectivity index is 2.16. The molecule has 1 heterocycles. The molecule has 0 fully saturated rings. The van der Waals surface area contributed by atoms with Crippen molar-refractivity contribution in [2.75, 3.05) is 18.3 Å². The van der Waals surface area contributed by atoms with E-state index < -0.39 is 0 Å². The van der Waals surface area contributed by atoms with Gasteiger partial charge >= 0.3 is 0 Å². The van der Waals surface area contributed by atoms with Crippen LogP contribution >= 0.6 is 23.2 Å². The van der Waals surface area contributed by atoms with Crippen LogP contribution in [0.25, 0.3) is 0 Å². The van der Waals surface area contributed by atoms with Gasteiger partial charge in [-0.15, -0.1) is 23.2 Å². The van der Waals surface area contributed by atoms with Gasteiger partial charge < -0.3 is 9.88 Å². The molecular weight excluding hydrogens is 233 g/mol. The molecule has 0 aliphatic rings. The first kappa shape index (κ1) is 12.8. The van der Waals surface area contributed by atoms with E-state index in [1.807, 2.05) is 19.4 Å². The van der Waals surface area contributed by atoms with Crippen LogP contribution in [0.1, 0.15) is 13.3 Å². The molecule has 0 amide bonds. The number of nitrogens with zero attached hydrogens (tertiary/aromatic N) is 2. The van der Waals surface area contributed by atoms with E-state index in [9.17, 15) is 0 Å². The molecule has 86 valence electrons. The van der Waals surface area contributed by atoms with E-state index in [1.165, 1.54) is 0 Å². The number of imidazole rings is 1. The molecule has 0 unspecified atom stereocenters. The molecule has 1 aromatic rings. The lowest BCUT2D eigenvalue weighted by atomic mass is 10.1. The van der Waals surface area contributed by atoms with Crippen molar-refractivity contribution in [2.45, 2.75) is 25.4 Å². The summed E-state index contributed by atoms with van der Waals surface area (Å²) in [6.07, 6.45) is 6.61. The Labute approximate surface area is 101 Å². The van der Waals surface area contributed by atoms with Crippen molar-refractivity contribution in [3.63, 3.8) is 0 Å². The summed E-state index contributed by atoms with van der Waals surface area (Å²) in [5.41, 5.74) is -0.155. The van der Waals surface area contributed by atoms with Gasteiger partial charge in [-0.1, -0.05) is 0 Å². The normalized spacial score (nSPS) is 11.9. The first-order valence-electron chi connectivity index (χ1n) is 5.03. The van der Waals surface area contributed by atoms with Crippen molar-refractivity contribution in [3.8, 4) is 0 Å². The number of nitrogens with one attached hydrogen (secondary N) is 1. The number of aromatic nitrogens is 2. The Morgan fingerprint density at radius 3 is 2.67 bits per heavy atom. The SMILES string of the molecule is CC(CCl)(CCl)NCCCn1ccnc1. The van der Waals surface area contributed by atoms with Gasteiger partial charge in [0.05, 0.1) is 6.33 Å². The lowest BCUT2D eigenvalue weighted by Gasteiger charge is -2.26. The van der Waals surface area contributed by atoms with Crippen molar-refractivity contribution in [2.24, 2.45) is 0 Å². The second-order valence-electron chi connectivity index (χ2n) is 3.91. The minimum absolute atomic E-state index is 0.155. The molecule has 0 bridgehead atoms. The average molecular weight is 250 g/mol. The van der Waals surface area contributed by atoms with Crippen LogP contribution in [0.2, 0.25) is 0 Å². The molecule has 1 N–H and O–H groups in total. The van der Waals surface area contributed by atoms with E-state index in [4.69, 9.17) is 23.2 Å². The van der Waals surface area contributed by atoms with E-state index in [0.717, 1.165) is 19.5 Å². The molecule has 1 aromatic heterocycles. The Morgan fingerprint density at radius 2 is 2.13 bits per heavy atom. The lowest BCUT2D eigenvalue weighted by Crippen LogP contribution is -2.46. The molecule has 0 saturated heterocycles. The standard InChI is InChI=1S/C10H17Cl2N3/c1-10(7-11,8-12)14-3-2-5-15-6-4-13-9-15/h4,6,9,14H,2-3,5,7-8H2,1H3. The predicted octanol–water partition coefficient (Wildman–Crippen LogP) is 2.10. The maximum atomic E-state index is 5.83. The Kier molecular flexibility index (Phi) is 5.43. The van der Waals surface area contributed by atoms with Crippen LogP contribution < -0.4 is 5.32 Å². The van der Waals surface area contributed by atoms with E-state index >= 15 is 0 Å². The molecule has 15 heavy (non-hydrogen) atoms. The molecule has 3 nitrogen and oxygen atoms in total. The highest BCUT2D eigenvalue weighted by atomic mass is 35.5. The summed E-state index contributed by atoms with van der Waals surface area (Å²) in [5.74, 6) is 1.06. The summed E-state index contributed by atoms with van der Waals surface area (Å²) in [4.78, 5) is 3.98. The van der Waals surface area contributed by atoms with E-state index in [1.54, 1.807) is 6.20 Å². The molecule has 0 atom stereocenters. The molecule has 0 spiro atoms. The summed E-state index contributed by atoms with van der Waals surface area (Å²) in [7, 11) is 0. The fourth-order valence-electron chi connectivity index (χ4n) is 1.20. The topological polar surface area (TPSA) is 29.9 Å². The fraction of sp³-hybridized carbons (Fsp3) is 0.700. The monoisotopic (exact) mass is 249 g/mol. The highest BCUT2D eigenvalue weighted by Crippen LogP contribution is 2.08. The smallest absolute Gasteiger partial charge is 0.0945 e. The largest absolute Gasteiger partial charge is 0.337 e. The molecular formula is C10H17Cl2N3. The summed E-state index contributed by atoms with van der Waals surface area (Å²) >= 11 is 11.7. The van der Waals surface area contributed by atoms with Crippen LogP contribution in [-0.4, -0.2) is 33.4 Å². The quantitative estimate of drug-likeness (QED) is 0.593. The van der Waals surface area contributed by atoms with Crippen molar-refractivity contribution >= 4 is 23.2 Å². The highest BCUT2D eigenvalue weighted by Gasteiger charge is 2.20. The number of aryl methyl sites for hydroxylation is 1. The van der Waals surface area contributed by atoms with Crippen LogP contribution in [0.15, 0.2) is 18.7 Å². The first-order chi connectivity index (χ1) is 7.20. The zero-order valence-electron chi connectivity index (χ0n) is 8.92. The van der Waals surface area contributed by atoms with Gasteiger partial charge in [-0.05, 0) is 19.9 Å². The number of halogens is 2. The van der Waals surface area contributed by atoms with Crippen molar-refractivity contribution in [1.29, 1.82) is 0 Å². The van der Waals surface area contributed by atoms with Gasteiger partial charge in [-0.3, -0.25) is 0 Å². The van der Waals surface area contributed by atoms with E-state index in [0.29, 0.717) is 11.8 Å². The lowest BCUT2D eigenvalue weighted by molar-refractivity contribution is 0.423. The summed E-state index contributed by atoms with van der Waals surface area (Å²) in [6, 6.07) is 0. The molecule has 0 aliphatic heterocycles. The Bertz CT molecular complexity index is 258. The maximum Gasteiger partial charge on any atom is 0.0945 e. The summed E-state index contributed by atoms with van der Waals surface area (Å²) in [6.45, 7) is 3.91. The summed E-state index contributed by atoms with van der Waals surface area (Å²) < 4.78 is 2.06. The number of hydrogen-bond acceptors (Lipinski definition) is 2. The Morgan fingerprint density at radius 1 is 1.40 bits per heavy atom. The van der Waals surface area contributed by atoms with Crippen LogP contribution in [0.4, 0.5) is 0 Å². The minimum atomic E-state index is -0.155. The van der Waals surface area contributed by atoms with E-state index in [2.05, 4.69) is 14.9 Å². The second kappa shape index (κ2) is 6.36. The van der Waals surface area contributed by atoms with Crippen LogP contribution in [0, 0.1) is 0 Å². The number of hydrogen-bond donors (Lipinski definition) is 1. The van der Waals surface area contributed by atoms with Crippen molar-refractivity contribution < 1.29 is 0 Å². The van der Waals surface area contributed by atoms with Crippen LogP contribution in [-0.2, 0) is 6.54 Å². The fourth-order valence-corrected chi connectivity index (χ4v) is 1.68. The van der Waals surface area contributed by atoms with Gasteiger partial charge in [0.25, 0.3) is 0 Å². The first-order valence-corrected chi connectivity index (χ1v) is 6.10. The Hall–Kier alpha value is -0.250. The average Bonchev–Trinajstić information content (AvgIpc) is 2.77. The third-order valence-electron chi connectivity index (χ3n) is 2.29. The maximum absolute atomic E-state index is 5.83. The number of alkyl halides is 2. The zero-order chi connectivity index (χ0) is 11.1. The van der Waals surface area contributed by atoms with Gasteiger partial charge in [-0.25, -0.2) is 4.98 Å². The third kappa shape index (κ3) is 4.41. The van der Waals surface area contributed by atoms with Crippen LogP contribution in [0.5, 0.6) is 0 Å². The summed E-state index contributed by atoms with van der Waals surface area (Å²) in [5, 5.41) is 3.36. The molecule has 0 saturated carbocycles. The van der Waals surface area contributed by atoms with Gasteiger partial charge in [-0.2, -0.15) is 0 Å². The number of rotatable bonds is 7. The van der Waals surface area contributed by atoms with Gasteiger partial charge in [0.2, 0.25) is 0 Å². The van der Waals surface area contributed by atoms with Gasteiger partial charge in [0.15, 0.2) is 0 Å². The molecule has 5 heteroatoms. The molecule has 1 rings (SSSR count). The highest BCUT2D eigenvalue weighted by molar-refractivity contribution is 6.22. The molecule has 0 aliphatic carbocycles. The second-order valence-corrected chi connectivity index (χ2v) is 4.44. The van der Waals surface area contributed by atoms with Crippen molar-refractivity contribution in [3.05, 3.63) is 18.7 Å². The van der Waals surface area contributed by atoms with E-state index in [-0.39, 0.29) is 5.54 Å². The van der Waals surface area contributed by atoms with Gasteiger partial charge in [0, 0.05) is 36.2 Å². The minimum Gasteiger partial charge on any atom is -0.337 e.